The van der Waals surface area contributed by atoms with Crippen molar-refractivity contribution >= 4 is 60.5 Å². The van der Waals surface area contributed by atoms with E-state index >= 15 is 0 Å². The fraction of sp³-hybridized carbons (Fsp3) is 0.107. The van der Waals surface area contributed by atoms with Gasteiger partial charge < -0.3 is 10.2 Å². The van der Waals surface area contributed by atoms with Gasteiger partial charge in [0.05, 0.1) is 5.56 Å². The van der Waals surface area contributed by atoms with Crippen LogP contribution in [-0.2, 0) is 13.3 Å². The molecule has 7 heteroatoms. The van der Waals surface area contributed by atoms with E-state index in [0.717, 1.165) is 28.4 Å². The van der Waals surface area contributed by atoms with Gasteiger partial charge >= 0.3 is 178 Å². The predicted octanol–water partition coefficient (Wildman–Crippen LogP) is 7.25. The zero-order valence-corrected chi connectivity index (χ0v) is 23.9. The van der Waals surface area contributed by atoms with Gasteiger partial charge in [-0.3, -0.25) is 0 Å². The van der Waals surface area contributed by atoms with Crippen LogP contribution in [0.25, 0.3) is 0 Å². The zero-order valence-electron chi connectivity index (χ0n) is 18.8. The van der Waals surface area contributed by atoms with Gasteiger partial charge in [-0.25, -0.2) is 4.79 Å². The number of carboxylic acid groups (broad SMARTS) is 1. The standard InChI is InChI=1S/3C7H6Cl.C7H6O3.Sn/c3*1-6-4-2-3-5-7(6)8;8-6-4-2-1-3-5(6)7(9)10;/h3*2-5H,1H2;1-4,8H,(H,9,10);/q;;;;+1/p-1. The zero-order chi connectivity index (χ0) is 25.2. The number of carbonyl (C=O) groups is 1. The number of hydrogen-bond acceptors (Lipinski definition) is 2. The molecule has 4 aromatic rings. The first kappa shape index (κ1) is 27.4. The van der Waals surface area contributed by atoms with Gasteiger partial charge in [-0.05, 0) is 6.07 Å². The van der Waals surface area contributed by atoms with E-state index in [1.807, 2.05) is 36.4 Å². The van der Waals surface area contributed by atoms with Crippen LogP contribution in [0.5, 0.6) is 5.75 Å². The number of rotatable bonds is 7. The van der Waals surface area contributed by atoms with Gasteiger partial charge in [0.15, 0.2) is 0 Å². The molecule has 3 nitrogen and oxygen atoms in total. The maximum atomic E-state index is 10.7. The topological polar surface area (TPSA) is 60.4 Å². The Morgan fingerprint density at radius 3 is 1.29 bits per heavy atom. The molecule has 0 aliphatic carbocycles. The minimum atomic E-state index is -1.92. The van der Waals surface area contributed by atoms with Crippen LogP contribution in [0.2, 0.25) is 15.1 Å². The molecule has 0 heterocycles. The maximum absolute atomic E-state index is 10.7. The van der Waals surface area contributed by atoms with E-state index in [-0.39, 0.29) is 5.56 Å². The second-order valence-corrected chi connectivity index (χ2v) is 16.4. The molecule has 0 aliphatic rings. The molecule has 0 radical (unpaired) electrons. The summed E-state index contributed by atoms with van der Waals surface area (Å²) in [6.45, 7) is 0. The van der Waals surface area contributed by atoms with Crippen molar-refractivity contribution in [1.82, 2.24) is 0 Å². The molecule has 0 spiro atoms. The van der Waals surface area contributed by atoms with Crippen molar-refractivity contribution in [3.63, 3.8) is 0 Å². The fourth-order valence-electron chi connectivity index (χ4n) is 3.56. The molecule has 0 unspecified atom stereocenters. The van der Waals surface area contributed by atoms with Crippen LogP contribution in [0.15, 0.2) is 97.1 Å². The third-order valence-corrected chi connectivity index (χ3v) is 14.0. The molecular weight excluding hydrogens is 609 g/mol. The summed E-state index contributed by atoms with van der Waals surface area (Å²) in [5.41, 5.74) is 3.57. The minimum absolute atomic E-state index is 0.178. The van der Waals surface area contributed by atoms with Crippen LogP contribution in [0, 0.1) is 0 Å². The van der Waals surface area contributed by atoms with Crippen molar-refractivity contribution < 1.29 is 15.0 Å². The van der Waals surface area contributed by atoms with Crippen molar-refractivity contribution in [3.8, 4) is 5.75 Å². The van der Waals surface area contributed by atoms with Crippen molar-refractivity contribution in [3.05, 3.63) is 134 Å². The van der Waals surface area contributed by atoms with Gasteiger partial charge in [-0.1, -0.05) is 23.9 Å². The molecule has 0 aromatic heterocycles. The van der Waals surface area contributed by atoms with E-state index < -0.39 is 31.5 Å². The first-order valence-corrected chi connectivity index (χ1v) is 18.1. The third-order valence-electron chi connectivity index (χ3n) is 5.31. The molecule has 0 amide bonds. The Morgan fingerprint density at radius 1 is 0.629 bits per heavy atom. The molecule has 4 aromatic carbocycles. The molecule has 0 saturated heterocycles. The Labute approximate surface area is 227 Å². The molecular formula is C28H23Cl3O3Sn. The second kappa shape index (κ2) is 13.8. The molecule has 0 saturated carbocycles. The first-order chi connectivity index (χ1) is 16.8. The number of carboxylic acids is 1. The van der Waals surface area contributed by atoms with Crippen LogP contribution in [0.3, 0.4) is 0 Å². The van der Waals surface area contributed by atoms with Crippen molar-refractivity contribution in [1.29, 1.82) is 0 Å². The van der Waals surface area contributed by atoms with Gasteiger partial charge in [-0.2, -0.15) is 0 Å². The monoisotopic (exact) mass is 632 g/mol. The maximum Gasteiger partial charge on any atom is 0.335 e. The Kier molecular flexibility index (Phi) is 10.8. The molecule has 0 aliphatic heterocycles. The summed E-state index contributed by atoms with van der Waals surface area (Å²) in [6, 6.07) is 30.0. The van der Waals surface area contributed by atoms with Crippen molar-refractivity contribution in [2.75, 3.05) is 0 Å². The Balaban J connectivity index is 0.000000287. The van der Waals surface area contributed by atoms with E-state index in [9.17, 15) is 9.90 Å². The average Bonchev–Trinajstić information content (AvgIpc) is 2.84. The molecule has 178 valence electrons. The van der Waals surface area contributed by atoms with Crippen molar-refractivity contribution in [2.24, 2.45) is 0 Å². The summed E-state index contributed by atoms with van der Waals surface area (Å²) in [4.78, 5) is 10.2. The van der Waals surface area contributed by atoms with E-state index in [2.05, 4.69) is 36.4 Å². The van der Waals surface area contributed by atoms with Gasteiger partial charge in [0.25, 0.3) is 0 Å². The van der Waals surface area contributed by atoms with Crippen LogP contribution in [0.4, 0.5) is 0 Å². The second-order valence-electron chi connectivity index (χ2n) is 7.86. The van der Waals surface area contributed by atoms with Crippen molar-refractivity contribution in [2.45, 2.75) is 13.3 Å². The van der Waals surface area contributed by atoms with Gasteiger partial charge in [0.1, 0.15) is 0 Å². The summed E-state index contributed by atoms with van der Waals surface area (Å²) in [5, 5.41) is 21.6. The van der Waals surface area contributed by atoms with Gasteiger partial charge in [0, 0.05) is 0 Å². The molecule has 4 rings (SSSR count). The first-order valence-electron chi connectivity index (χ1n) is 10.9. The molecule has 35 heavy (non-hydrogen) atoms. The summed E-state index contributed by atoms with van der Waals surface area (Å²) < 4.78 is 3.25. The number of benzene rings is 4. The number of halogens is 3. The Hall–Kier alpha value is -2.18. The van der Waals surface area contributed by atoms with E-state index in [4.69, 9.17) is 39.9 Å². The van der Waals surface area contributed by atoms with E-state index in [0.29, 0.717) is 0 Å². The fourth-order valence-corrected chi connectivity index (χ4v) is 13.5. The largest absolute Gasteiger partial charge is 0.872 e. The summed E-state index contributed by atoms with van der Waals surface area (Å²) in [5.74, 6) is -1.62. The smallest absolute Gasteiger partial charge is 0.335 e. The SMILES string of the molecule is Clc1ccccc1[CH2][Sn+]([CH2]c1ccccc1Cl)[CH2]c1ccccc1Cl.O=C(O)c1ccccc1[O-]. The van der Waals surface area contributed by atoms with Crippen LogP contribution < -0.4 is 5.11 Å². The number of hydrogen-bond donors (Lipinski definition) is 1. The molecule has 0 atom stereocenters. The summed E-state index contributed by atoms with van der Waals surface area (Å²) >= 11 is 17.3. The van der Waals surface area contributed by atoms with Crippen LogP contribution in [-0.4, -0.2) is 30.8 Å². The van der Waals surface area contributed by atoms with Gasteiger partial charge in [-0.15, -0.1) is 0 Å². The Bertz CT molecular complexity index is 1170. The minimum Gasteiger partial charge on any atom is -0.872 e. The molecule has 0 bridgehead atoms. The summed E-state index contributed by atoms with van der Waals surface area (Å²) in [7, 11) is 0. The molecule has 0 fully saturated rings. The Morgan fingerprint density at radius 2 is 0.971 bits per heavy atom. The number of para-hydroxylation sites is 1. The van der Waals surface area contributed by atoms with E-state index in [1.54, 1.807) is 0 Å². The molecule has 1 N–H and O–H groups in total. The van der Waals surface area contributed by atoms with E-state index in [1.165, 1.54) is 41.0 Å². The number of aromatic carboxylic acids is 1. The predicted molar refractivity (Wildman–Crippen MR) is 144 cm³/mol. The summed E-state index contributed by atoms with van der Waals surface area (Å²) in [6.07, 6.45) is 0. The van der Waals surface area contributed by atoms with Gasteiger partial charge in [0.2, 0.25) is 0 Å². The third kappa shape index (κ3) is 8.46. The average molecular weight is 633 g/mol. The van der Waals surface area contributed by atoms with Crippen LogP contribution >= 0.6 is 34.8 Å². The normalized spacial score (nSPS) is 10.3. The van der Waals surface area contributed by atoms with Crippen LogP contribution in [0.1, 0.15) is 27.0 Å². The quantitative estimate of drug-likeness (QED) is 0.219.